The van der Waals surface area contributed by atoms with Gasteiger partial charge in [0.15, 0.2) is 0 Å². The first-order valence-corrected chi connectivity index (χ1v) is 6.54. The van der Waals surface area contributed by atoms with Gasteiger partial charge in [-0.05, 0) is 12.8 Å². The van der Waals surface area contributed by atoms with E-state index in [1.165, 1.54) is 4.31 Å². The lowest BCUT2D eigenvalue weighted by molar-refractivity contribution is 0.443. The van der Waals surface area contributed by atoms with Gasteiger partial charge < -0.3 is 0 Å². The van der Waals surface area contributed by atoms with E-state index in [-0.39, 0.29) is 12.3 Å². The Morgan fingerprint density at radius 1 is 1.29 bits per heavy atom. The molecule has 0 unspecified atom stereocenters. The third kappa shape index (κ3) is 4.58. The molecule has 0 aliphatic carbocycles. The van der Waals surface area contributed by atoms with E-state index in [1.54, 1.807) is 0 Å². The molecule has 0 N–H and O–H groups in total. The van der Waals surface area contributed by atoms with Gasteiger partial charge in [0.05, 0.1) is 11.8 Å². The highest BCUT2D eigenvalue weighted by molar-refractivity contribution is 7.89. The third-order valence-corrected chi connectivity index (χ3v) is 3.77. The van der Waals surface area contributed by atoms with Gasteiger partial charge in [-0.15, -0.1) is 0 Å². The number of hydrogen-bond acceptors (Lipinski definition) is 3. The molecule has 0 saturated carbocycles. The maximum absolute atomic E-state index is 11.6. The maximum Gasteiger partial charge on any atom is 0.215 e. The van der Waals surface area contributed by atoms with E-state index in [1.807, 2.05) is 19.9 Å². The molecule has 0 aromatic rings. The minimum Gasteiger partial charge on any atom is -0.212 e. The van der Waals surface area contributed by atoms with Crippen molar-refractivity contribution in [2.75, 3.05) is 18.8 Å². The van der Waals surface area contributed by atoms with Gasteiger partial charge in [-0.2, -0.15) is 9.57 Å². The SMILES string of the molecule is CCCCS(=O)(=O)N(CC#N)CCC. The fraction of sp³-hybridized carbons (Fsp3) is 0.889. The Balaban J connectivity index is 4.39. The highest BCUT2D eigenvalue weighted by Gasteiger charge is 2.19. The lowest BCUT2D eigenvalue weighted by atomic mass is 10.4. The molecule has 0 spiro atoms. The molecule has 0 amide bonds. The Labute approximate surface area is 86.6 Å². The van der Waals surface area contributed by atoms with Gasteiger partial charge in [0.2, 0.25) is 10.0 Å². The van der Waals surface area contributed by atoms with Crippen molar-refractivity contribution in [1.29, 1.82) is 5.26 Å². The molecule has 0 aliphatic heterocycles. The molecule has 0 heterocycles. The Morgan fingerprint density at radius 2 is 1.93 bits per heavy atom. The number of unbranched alkanes of at least 4 members (excludes halogenated alkanes) is 1. The molecule has 0 atom stereocenters. The van der Waals surface area contributed by atoms with E-state index in [4.69, 9.17) is 5.26 Å². The van der Waals surface area contributed by atoms with Crippen LogP contribution in [0.15, 0.2) is 0 Å². The van der Waals surface area contributed by atoms with Crippen LogP contribution in [-0.4, -0.2) is 31.6 Å². The van der Waals surface area contributed by atoms with Crippen LogP contribution in [0, 0.1) is 11.3 Å². The van der Waals surface area contributed by atoms with Gasteiger partial charge in [-0.3, -0.25) is 0 Å². The topological polar surface area (TPSA) is 61.2 Å². The molecule has 0 fully saturated rings. The minimum absolute atomic E-state index is 0.0279. The lowest BCUT2D eigenvalue weighted by Crippen LogP contribution is -2.34. The van der Waals surface area contributed by atoms with E-state index in [0.717, 1.165) is 12.8 Å². The quantitative estimate of drug-likeness (QED) is 0.606. The standard InChI is InChI=1S/C9H18N2O2S/c1-3-5-9-14(12,13)11(7-4-2)8-6-10/h3-5,7-9H2,1-2H3. The first-order chi connectivity index (χ1) is 6.58. The fourth-order valence-electron chi connectivity index (χ4n) is 1.10. The van der Waals surface area contributed by atoms with Crippen LogP contribution in [0.5, 0.6) is 0 Å². The normalized spacial score (nSPS) is 11.6. The van der Waals surface area contributed by atoms with Crippen molar-refractivity contribution < 1.29 is 8.42 Å². The molecule has 4 nitrogen and oxygen atoms in total. The fourth-order valence-corrected chi connectivity index (χ4v) is 2.73. The van der Waals surface area contributed by atoms with Crippen LogP contribution in [0.3, 0.4) is 0 Å². The highest BCUT2D eigenvalue weighted by atomic mass is 32.2. The predicted molar refractivity (Wildman–Crippen MR) is 56.2 cm³/mol. The van der Waals surface area contributed by atoms with Gasteiger partial charge in [0.1, 0.15) is 6.54 Å². The summed E-state index contributed by atoms with van der Waals surface area (Å²) in [7, 11) is -3.20. The average Bonchev–Trinajstić information content (AvgIpc) is 2.14. The molecular weight excluding hydrogens is 200 g/mol. The van der Waals surface area contributed by atoms with Gasteiger partial charge in [0.25, 0.3) is 0 Å². The molecule has 0 aromatic heterocycles. The number of sulfonamides is 1. The zero-order valence-corrected chi connectivity index (χ0v) is 9.68. The first-order valence-electron chi connectivity index (χ1n) is 4.93. The third-order valence-electron chi connectivity index (χ3n) is 1.87. The van der Waals surface area contributed by atoms with Crippen molar-refractivity contribution in [3.63, 3.8) is 0 Å². The molecular formula is C9H18N2O2S. The summed E-state index contributed by atoms with van der Waals surface area (Å²) in [6, 6.07) is 1.88. The van der Waals surface area contributed by atoms with E-state index >= 15 is 0 Å². The molecule has 14 heavy (non-hydrogen) atoms. The van der Waals surface area contributed by atoms with Crippen LogP contribution >= 0.6 is 0 Å². The second kappa shape index (κ2) is 6.80. The summed E-state index contributed by atoms with van der Waals surface area (Å²) in [4.78, 5) is 0. The summed E-state index contributed by atoms with van der Waals surface area (Å²) >= 11 is 0. The molecule has 0 aromatic carbocycles. The molecule has 5 heteroatoms. The average molecular weight is 218 g/mol. The van der Waals surface area contributed by atoms with E-state index in [0.29, 0.717) is 13.0 Å². The lowest BCUT2D eigenvalue weighted by Gasteiger charge is -2.17. The van der Waals surface area contributed by atoms with E-state index < -0.39 is 10.0 Å². The second-order valence-corrected chi connectivity index (χ2v) is 5.25. The van der Waals surface area contributed by atoms with Crippen LogP contribution in [0.4, 0.5) is 0 Å². The summed E-state index contributed by atoms with van der Waals surface area (Å²) in [5, 5.41) is 8.50. The van der Waals surface area contributed by atoms with Gasteiger partial charge in [-0.25, -0.2) is 8.42 Å². The number of rotatable bonds is 7. The van der Waals surface area contributed by atoms with Gasteiger partial charge in [-0.1, -0.05) is 20.3 Å². The second-order valence-electron chi connectivity index (χ2n) is 3.16. The van der Waals surface area contributed by atoms with Crippen molar-refractivity contribution in [2.24, 2.45) is 0 Å². The maximum atomic E-state index is 11.6. The van der Waals surface area contributed by atoms with Crippen molar-refractivity contribution in [1.82, 2.24) is 4.31 Å². The number of nitrogens with zero attached hydrogens (tertiary/aromatic N) is 2. The number of nitriles is 1. The highest BCUT2D eigenvalue weighted by Crippen LogP contribution is 2.05. The van der Waals surface area contributed by atoms with Crippen LogP contribution in [0.2, 0.25) is 0 Å². The Morgan fingerprint density at radius 3 is 2.36 bits per heavy atom. The Bertz CT molecular complexity index is 280. The Kier molecular flexibility index (Phi) is 6.50. The van der Waals surface area contributed by atoms with Crippen LogP contribution < -0.4 is 0 Å². The first kappa shape index (κ1) is 13.4. The minimum atomic E-state index is -3.20. The molecule has 0 aliphatic rings. The van der Waals surface area contributed by atoms with E-state index in [9.17, 15) is 8.42 Å². The van der Waals surface area contributed by atoms with E-state index in [2.05, 4.69) is 0 Å². The van der Waals surface area contributed by atoms with Crippen molar-refractivity contribution >= 4 is 10.0 Å². The summed E-state index contributed by atoms with van der Waals surface area (Å²) in [6.07, 6.45) is 2.26. The molecule has 82 valence electrons. The zero-order chi connectivity index (χ0) is 11.0. The predicted octanol–water partition coefficient (Wildman–Crippen LogP) is 1.35. The number of hydrogen-bond donors (Lipinski definition) is 0. The van der Waals surface area contributed by atoms with Gasteiger partial charge in [0, 0.05) is 6.54 Å². The van der Waals surface area contributed by atoms with Crippen LogP contribution in [0.25, 0.3) is 0 Å². The van der Waals surface area contributed by atoms with Crippen molar-refractivity contribution in [3.8, 4) is 6.07 Å². The monoisotopic (exact) mass is 218 g/mol. The summed E-state index contributed by atoms with van der Waals surface area (Å²) in [5.41, 5.74) is 0. The Hall–Kier alpha value is -0.600. The molecule has 0 bridgehead atoms. The largest absolute Gasteiger partial charge is 0.215 e. The van der Waals surface area contributed by atoms with Crippen LogP contribution in [0.1, 0.15) is 33.1 Å². The van der Waals surface area contributed by atoms with Gasteiger partial charge >= 0.3 is 0 Å². The smallest absolute Gasteiger partial charge is 0.212 e. The van der Waals surface area contributed by atoms with Crippen LogP contribution in [-0.2, 0) is 10.0 Å². The summed E-state index contributed by atoms with van der Waals surface area (Å²) in [5.74, 6) is 0.158. The zero-order valence-electron chi connectivity index (χ0n) is 8.86. The van der Waals surface area contributed by atoms with Crippen molar-refractivity contribution in [3.05, 3.63) is 0 Å². The molecule has 0 radical (unpaired) electrons. The summed E-state index contributed by atoms with van der Waals surface area (Å²) in [6.45, 7) is 4.27. The molecule has 0 rings (SSSR count). The molecule has 0 saturated heterocycles. The van der Waals surface area contributed by atoms with Crippen molar-refractivity contribution in [2.45, 2.75) is 33.1 Å². The summed E-state index contributed by atoms with van der Waals surface area (Å²) < 4.78 is 24.6.